The molecule has 11 nitrogen and oxygen atoms in total. The number of fused-ring (bicyclic) bond motifs is 6. The minimum absolute atomic E-state index is 0.0366. The maximum absolute atomic E-state index is 14.7. The van der Waals surface area contributed by atoms with Gasteiger partial charge in [0.05, 0.1) is 12.1 Å². The summed E-state index contributed by atoms with van der Waals surface area (Å²) in [7, 11) is 0. The lowest BCUT2D eigenvalue weighted by Crippen LogP contribution is -2.57. The number of hydrogen-bond acceptors (Lipinski definition) is 8. The van der Waals surface area contributed by atoms with E-state index in [2.05, 4.69) is 26.4 Å². The lowest BCUT2D eigenvalue weighted by Gasteiger charge is -2.29. The van der Waals surface area contributed by atoms with E-state index in [9.17, 15) is 28.0 Å². The summed E-state index contributed by atoms with van der Waals surface area (Å²) in [4.78, 5) is 60.7. The lowest BCUT2D eigenvalue weighted by molar-refractivity contribution is -0.142. The number of halogens is 2. The Balaban J connectivity index is 1.16. The molecule has 4 amide bonds. The molecule has 3 fully saturated rings. The first-order valence-electron chi connectivity index (χ1n) is 17.9. The first-order chi connectivity index (χ1) is 25.1. The number of nitrogens with zero attached hydrogens (tertiary/aromatic N) is 2. The van der Waals surface area contributed by atoms with Gasteiger partial charge in [0.2, 0.25) is 17.7 Å². The van der Waals surface area contributed by atoms with Crippen LogP contribution in [0.25, 0.3) is 33.0 Å². The lowest BCUT2D eigenvalue weighted by atomic mass is 10.0. The third kappa shape index (κ3) is 6.68. The topological polar surface area (TPSA) is 143 Å². The molecule has 3 N–H and O–H groups in total. The van der Waals surface area contributed by atoms with Crippen molar-refractivity contribution in [2.75, 3.05) is 6.54 Å². The zero-order chi connectivity index (χ0) is 36.1. The molecule has 8 rings (SSSR count). The summed E-state index contributed by atoms with van der Waals surface area (Å²) in [5.74, 6) is -2.65. The summed E-state index contributed by atoms with van der Waals surface area (Å²) in [6, 6.07) is 6.16. The largest absolute Gasteiger partial charge is 0.484 e. The van der Waals surface area contributed by atoms with Gasteiger partial charge in [0.25, 0.3) is 5.91 Å². The Kier molecular flexibility index (Phi) is 9.04. The van der Waals surface area contributed by atoms with Crippen molar-refractivity contribution in [1.29, 1.82) is 0 Å². The van der Waals surface area contributed by atoms with Crippen LogP contribution in [0, 0.1) is 17.6 Å². The van der Waals surface area contributed by atoms with Crippen LogP contribution < -0.4 is 20.1 Å². The fraction of sp³-hybridized carbons (Fsp3) is 0.447. The van der Waals surface area contributed by atoms with Crippen molar-refractivity contribution < 1.29 is 37.1 Å². The fourth-order valence-corrected chi connectivity index (χ4v) is 8.29. The predicted molar refractivity (Wildman–Crippen MR) is 191 cm³/mol. The highest BCUT2D eigenvalue weighted by Crippen LogP contribution is 2.47. The summed E-state index contributed by atoms with van der Waals surface area (Å²) in [5.41, 5.74) is 0.0719. The van der Waals surface area contributed by atoms with Gasteiger partial charge >= 0.3 is 0 Å². The second-order valence-electron chi connectivity index (χ2n) is 14.3. The summed E-state index contributed by atoms with van der Waals surface area (Å²) in [6.45, 7) is 1.31. The first-order valence-corrected chi connectivity index (χ1v) is 18.8. The Morgan fingerprint density at radius 2 is 1.85 bits per heavy atom. The van der Waals surface area contributed by atoms with E-state index in [1.807, 2.05) is 6.08 Å². The number of carbonyl (C=O) groups is 4. The molecule has 2 saturated carbocycles. The van der Waals surface area contributed by atoms with Crippen molar-refractivity contribution >= 4 is 68.5 Å². The molecule has 0 spiro atoms. The molecule has 4 aromatic rings. The van der Waals surface area contributed by atoms with E-state index >= 15 is 0 Å². The van der Waals surface area contributed by atoms with Crippen LogP contribution in [0.2, 0.25) is 0 Å². The number of hydrogen-bond donors (Lipinski definition) is 3. The molecule has 4 aliphatic rings. The maximum Gasteiger partial charge on any atom is 0.256 e. The number of ether oxygens (including phenoxy) is 1. The van der Waals surface area contributed by atoms with Gasteiger partial charge in [-0.2, -0.15) is 0 Å². The maximum atomic E-state index is 14.7. The molecular weight excluding hydrogens is 693 g/mol. The van der Waals surface area contributed by atoms with Crippen LogP contribution in [0.3, 0.4) is 0 Å². The van der Waals surface area contributed by atoms with Gasteiger partial charge < -0.3 is 24.7 Å². The summed E-state index contributed by atoms with van der Waals surface area (Å²) >= 11 is 1.38. The molecule has 14 heteroatoms. The molecular formula is C38H39F2N5O6S. The second kappa shape index (κ2) is 13.7. The van der Waals surface area contributed by atoms with Crippen LogP contribution in [-0.2, 0) is 19.2 Å². The van der Waals surface area contributed by atoms with Crippen molar-refractivity contribution in [1.82, 2.24) is 25.2 Å². The number of allylic oxidation sites excluding steroid dienone is 1. The number of carbonyl (C=O) groups excluding carboxylic acids is 4. The van der Waals surface area contributed by atoms with Gasteiger partial charge in [0.15, 0.2) is 11.3 Å². The molecule has 4 heterocycles. The summed E-state index contributed by atoms with van der Waals surface area (Å²) < 4.78 is 44.7. The minimum atomic E-state index is -1.16. The SMILES string of the molecule is CC(=O)N[C@H]1CCCCC/C=C\[C@@H]2C[C@@]2(C(=O)NSC2CC2)NC(=O)[C@@H]2C[C@H](Oc3c4cc(F)ccc4nc4c3oc3ccc(F)cc34)CN2C1=O. The van der Waals surface area contributed by atoms with E-state index in [-0.39, 0.29) is 42.0 Å². The number of pyridine rings is 1. The van der Waals surface area contributed by atoms with Crippen LogP contribution in [-0.4, -0.2) is 69.0 Å². The molecule has 2 aliphatic carbocycles. The van der Waals surface area contributed by atoms with E-state index in [1.165, 1.54) is 60.2 Å². The van der Waals surface area contributed by atoms with E-state index in [4.69, 9.17) is 9.15 Å². The normalized spacial score (nSPS) is 27.3. The Hall–Kier alpha value is -4.72. The van der Waals surface area contributed by atoms with Crippen LogP contribution in [0.4, 0.5) is 8.78 Å². The van der Waals surface area contributed by atoms with Gasteiger partial charge in [-0.3, -0.25) is 23.9 Å². The number of rotatable bonds is 6. The Morgan fingerprint density at radius 1 is 1.06 bits per heavy atom. The zero-order valence-corrected chi connectivity index (χ0v) is 29.4. The Morgan fingerprint density at radius 3 is 2.63 bits per heavy atom. The van der Waals surface area contributed by atoms with Crippen LogP contribution in [0.15, 0.2) is 53.0 Å². The molecule has 2 aromatic heterocycles. The number of amides is 4. The zero-order valence-electron chi connectivity index (χ0n) is 28.6. The standard InChI is InChI=1S/C38H39F2N5O6S/c1-20(46)41-29-8-6-4-2-3-5-7-21-18-38(21,37(49)44-52-25-11-12-25)43-35(47)30-17-24(19-45(30)36(29)48)50-33-26-15-22(39)9-13-28(26)42-32-27-16-23(40)10-14-31(27)51-34(32)33/h5,7,9-10,13-16,21,24-25,29-30H,2-4,6,8,11-12,17-19H2,1H3,(H,41,46)(H,43,47)(H,44,49)/b7-5-/t21-,24+,29+,30+,38-/m1/s1. The van der Waals surface area contributed by atoms with Gasteiger partial charge in [-0.1, -0.05) is 25.0 Å². The molecule has 52 heavy (non-hydrogen) atoms. The number of furan rings is 1. The summed E-state index contributed by atoms with van der Waals surface area (Å²) in [5, 5.41) is 6.91. The average molecular weight is 732 g/mol. The number of aromatic nitrogens is 1. The molecule has 0 radical (unpaired) electrons. The van der Waals surface area contributed by atoms with Gasteiger partial charge in [-0.15, -0.1) is 0 Å². The van der Waals surface area contributed by atoms with Crippen molar-refractivity contribution in [3.63, 3.8) is 0 Å². The summed E-state index contributed by atoms with van der Waals surface area (Å²) in [6.07, 6.45) is 9.36. The van der Waals surface area contributed by atoms with Crippen molar-refractivity contribution in [2.24, 2.45) is 5.92 Å². The van der Waals surface area contributed by atoms with Gasteiger partial charge in [0, 0.05) is 35.3 Å². The van der Waals surface area contributed by atoms with E-state index in [1.54, 1.807) is 0 Å². The van der Waals surface area contributed by atoms with Crippen LogP contribution in [0.5, 0.6) is 5.75 Å². The average Bonchev–Trinajstić information content (AvgIpc) is 4.00. The van der Waals surface area contributed by atoms with Crippen molar-refractivity contribution in [2.45, 2.75) is 93.7 Å². The van der Waals surface area contributed by atoms with Gasteiger partial charge in [-0.25, -0.2) is 13.8 Å². The fourth-order valence-electron chi connectivity index (χ4n) is 7.46. The van der Waals surface area contributed by atoms with Crippen LogP contribution in [0.1, 0.15) is 64.7 Å². The molecule has 2 aromatic carbocycles. The van der Waals surface area contributed by atoms with E-state index < -0.39 is 47.2 Å². The quantitative estimate of drug-likeness (QED) is 0.172. The van der Waals surface area contributed by atoms with Crippen LogP contribution >= 0.6 is 11.9 Å². The van der Waals surface area contributed by atoms with Crippen molar-refractivity contribution in [3.05, 3.63) is 60.2 Å². The number of benzene rings is 2. The predicted octanol–water partition coefficient (Wildman–Crippen LogP) is 5.59. The second-order valence-corrected chi connectivity index (χ2v) is 15.5. The highest BCUT2D eigenvalue weighted by molar-refractivity contribution is 7.98. The Labute approximate surface area is 302 Å². The third-order valence-corrected chi connectivity index (χ3v) is 11.5. The minimum Gasteiger partial charge on any atom is -0.484 e. The number of nitrogens with one attached hydrogen (secondary N) is 3. The first kappa shape index (κ1) is 34.4. The molecule has 2 aliphatic heterocycles. The molecule has 272 valence electrons. The van der Waals surface area contributed by atoms with Gasteiger partial charge in [-0.05, 0) is 86.9 Å². The smallest absolute Gasteiger partial charge is 0.256 e. The molecule has 5 atom stereocenters. The third-order valence-electron chi connectivity index (χ3n) is 10.4. The molecule has 0 bridgehead atoms. The Bertz CT molecular complexity index is 2140. The monoisotopic (exact) mass is 731 g/mol. The highest BCUT2D eigenvalue weighted by Gasteiger charge is 2.61. The van der Waals surface area contributed by atoms with E-state index in [0.29, 0.717) is 51.9 Å². The highest BCUT2D eigenvalue weighted by atomic mass is 32.2. The van der Waals surface area contributed by atoms with E-state index in [0.717, 1.165) is 32.1 Å². The van der Waals surface area contributed by atoms with Crippen molar-refractivity contribution in [3.8, 4) is 5.75 Å². The van der Waals surface area contributed by atoms with Gasteiger partial charge in [0.1, 0.15) is 46.5 Å². The molecule has 0 unspecified atom stereocenters. The molecule has 1 saturated heterocycles.